The fourth-order valence-corrected chi connectivity index (χ4v) is 4.47. The van der Waals surface area contributed by atoms with Crippen molar-refractivity contribution in [3.8, 4) is 11.3 Å². The van der Waals surface area contributed by atoms with Gasteiger partial charge in [0.1, 0.15) is 0 Å². The fourth-order valence-electron chi connectivity index (χ4n) is 3.85. The highest BCUT2D eigenvalue weighted by atomic mass is 79.9. The SMILES string of the molecule is CC[C@H](NC(=O)c1c(C)c(-c2ccc(Br)cc2)nc2ccc(Br)cc12)c1ccccc1. The van der Waals surface area contributed by atoms with Gasteiger partial charge in [-0.05, 0) is 54.8 Å². The van der Waals surface area contributed by atoms with Crippen LogP contribution >= 0.6 is 31.9 Å². The summed E-state index contributed by atoms with van der Waals surface area (Å²) in [5, 5.41) is 4.09. The summed E-state index contributed by atoms with van der Waals surface area (Å²) in [6.45, 7) is 4.06. The van der Waals surface area contributed by atoms with E-state index in [-0.39, 0.29) is 11.9 Å². The van der Waals surface area contributed by atoms with E-state index in [1.165, 1.54) is 0 Å². The van der Waals surface area contributed by atoms with Crippen LogP contribution in [-0.4, -0.2) is 10.9 Å². The van der Waals surface area contributed by atoms with Gasteiger partial charge in [-0.3, -0.25) is 4.79 Å². The molecule has 0 fully saturated rings. The zero-order chi connectivity index (χ0) is 22.0. The number of carbonyl (C=O) groups is 1. The summed E-state index contributed by atoms with van der Waals surface area (Å²) in [7, 11) is 0. The van der Waals surface area contributed by atoms with Gasteiger partial charge in [-0.15, -0.1) is 0 Å². The third kappa shape index (κ3) is 4.58. The molecule has 4 aromatic rings. The van der Waals surface area contributed by atoms with Gasteiger partial charge in [0.25, 0.3) is 5.91 Å². The van der Waals surface area contributed by atoms with Crippen LogP contribution in [0.25, 0.3) is 22.2 Å². The van der Waals surface area contributed by atoms with Crippen LogP contribution in [0.3, 0.4) is 0 Å². The van der Waals surface area contributed by atoms with Gasteiger partial charge >= 0.3 is 0 Å². The summed E-state index contributed by atoms with van der Waals surface area (Å²) >= 11 is 7.04. The zero-order valence-electron chi connectivity index (χ0n) is 17.3. The summed E-state index contributed by atoms with van der Waals surface area (Å²) in [6.07, 6.45) is 0.807. The Labute approximate surface area is 199 Å². The lowest BCUT2D eigenvalue weighted by Crippen LogP contribution is -2.29. The van der Waals surface area contributed by atoms with Gasteiger partial charge in [-0.1, -0.05) is 81.2 Å². The number of hydrogen-bond donors (Lipinski definition) is 1. The molecule has 0 saturated carbocycles. The molecule has 31 heavy (non-hydrogen) atoms. The molecule has 0 aliphatic rings. The molecule has 0 radical (unpaired) electrons. The van der Waals surface area contributed by atoms with Crippen molar-refractivity contribution in [2.24, 2.45) is 0 Å². The van der Waals surface area contributed by atoms with Crippen LogP contribution in [0.1, 0.15) is 40.9 Å². The van der Waals surface area contributed by atoms with E-state index in [1.807, 2.05) is 67.6 Å². The summed E-state index contributed by atoms with van der Waals surface area (Å²) < 4.78 is 1.92. The highest BCUT2D eigenvalue weighted by Gasteiger charge is 2.21. The molecule has 4 rings (SSSR count). The maximum Gasteiger partial charge on any atom is 0.252 e. The highest BCUT2D eigenvalue weighted by Crippen LogP contribution is 2.32. The Hall–Kier alpha value is -2.50. The monoisotopic (exact) mass is 536 g/mol. The number of carbonyl (C=O) groups excluding carboxylic acids is 1. The number of nitrogens with zero attached hydrogens (tertiary/aromatic N) is 1. The van der Waals surface area contributed by atoms with Crippen molar-refractivity contribution in [1.29, 1.82) is 0 Å². The van der Waals surface area contributed by atoms with E-state index in [4.69, 9.17) is 4.98 Å². The average Bonchev–Trinajstić information content (AvgIpc) is 2.78. The molecule has 1 aromatic heterocycles. The maximum atomic E-state index is 13.6. The van der Waals surface area contributed by atoms with Crippen LogP contribution in [0.5, 0.6) is 0 Å². The Kier molecular flexibility index (Phi) is 6.54. The number of pyridine rings is 1. The van der Waals surface area contributed by atoms with Crippen molar-refractivity contribution in [3.63, 3.8) is 0 Å². The highest BCUT2D eigenvalue weighted by molar-refractivity contribution is 9.10. The van der Waals surface area contributed by atoms with Crippen molar-refractivity contribution < 1.29 is 4.79 Å². The maximum absolute atomic E-state index is 13.6. The quantitative estimate of drug-likeness (QED) is 0.284. The molecule has 1 heterocycles. The van der Waals surface area contributed by atoms with Crippen LogP contribution in [0.4, 0.5) is 0 Å². The van der Waals surface area contributed by atoms with E-state index < -0.39 is 0 Å². The molecule has 0 bridgehead atoms. The molecule has 3 nitrogen and oxygen atoms in total. The molecule has 0 saturated heterocycles. The first-order valence-corrected chi connectivity index (χ1v) is 11.8. The minimum absolute atomic E-state index is 0.0559. The molecule has 3 aromatic carbocycles. The van der Waals surface area contributed by atoms with E-state index in [0.717, 1.165) is 48.7 Å². The summed E-state index contributed by atoms with van der Waals surface area (Å²) in [5.41, 5.74) is 5.23. The summed E-state index contributed by atoms with van der Waals surface area (Å²) in [6, 6.07) is 23.9. The molecule has 156 valence electrons. The first-order chi connectivity index (χ1) is 15.0. The molecule has 1 N–H and O–H groups in total. The second-order valence-electron chi connectivity index (χ2n) is 7.47. The lowest BCUT2D eigenvalue weighted by Gasteiger charge is -2.20. The second kappa shape index (κ2) is 9.33. The topological polar surface area (TPSA) is 42.0 Å². The number of benzene rings is 3. The first kappa shape index (κ1) is 21.7. The van der Waals surface area contributed by atoms with Crippen LogP contribution in [0, 0.1) is 6.92 Å². The largest absolute Gasteiger partial charge is 0.345 e. The van der Waals surface area contributed by atoms with Crippen molar-refractivity contribution in [2.45, 2.75) is 26.3 Å². The van der Waals surface area contributed by atoms with Crippen LogP contribution < -0.4 is 5.32 Å². The molecule has 1 amide bonds. The second-order valence-corrected chi connectivity index (χ2v) is 9.31. The van der Waals surface area contributed by atoms with E-state index in [1.54, 1.807) is 0 Å². The Morgan fingerprint density at radius 2 is 1.65 bits per heavy atom. The predicted molar refractivity (Wildman–Crippen MR) is 134 cm³/mol. The Morgan fingerprint density at radius 1 is 0.968 bits per heavy atom. The lowest BCUT2D eigenvalue weighted by molar-refractivity contribution is 0.0936. The minimum Gasteiger partial charge on any atom is -0.345 e. The predicted octanol–water partition coefficient (Wildman–Crippen LogP) is 7.62. The van der Waals surface area contributed by atoms with Crippen molar-refractivity contribution in [3.05, 3.63) is 98.4 Å². The fraction of sp³-hybridized carbons (Fsp3) is 0.154. The summed E-state index contributed by atoms with van der Waals surface area (Å²) in [5.74, 6) is -0.0861. The summed E-state index contributed by atoms with van der Waals surface area (Å²) in [4.78, 5) is 18.5. The number of amides is 1. The smallest absolute Gasteiger partial charge is 0.252 e. The molecular formula is C26H22Br2N2O. The van der Waals surface area contributed by atoms with Gasteiger partial charge in [-0.25, -0.2) is 4.98 Å². The van der Waals surface area contributed by atoms with Crippen LogP contribution in [-0.2, 0) is 0 Å². The van der Waals surface area contributed by atoms with E-state index in [0.29, 0.717) is 5.56 Å². The van der Waals surface area contributed by atoms with Gasteiger partial charge in [0.2, 0.25) is 0 Å². The Morgan fingerprint density at radius 3 is 2.32 bits per heavy atom. The number of halogens is 2. The molecule has 0 spiro atoms. The Bertz CT molecular complexity index is 1240. The normalized spacial score (nSPS) is 12.0. The van der Waals surface area contributed by atoms with E-state index in [9.17, 15) is 4.79 Å². The average molecular weight is 538 g/mol. The van der Waals surface area contributed by atoms with E-state index >= 15 is 0 Å². The number of rotatable bonds is 5. The van der Waals surface area contributed by atoms with Gasteiger partial charge < -0.3 is 5.32 Å². The minimum atomic E-state index is -0.0861. The number of hydrogen-bond acceptors (Lipinski definition) is 2. The molecule has 5 heteroatoms. The number of aromatic nitrogens is 1. The van der Waals surface area contributed by atoms with Crippen LogP contribution in [0.15, 0.2) is 81.7 Å². The molecule has 0 aliphatic carbocycles. The zero-order valence-corrected chi connectivity index (χ0v) is 20.5. The van der Waals surface area contributed by atoms with Crippen molar-refractivity contribution in [1.82, 2.24) is 10.3 Å². The Balaban J connectivity index is 1.85. The molecule has 0 aliphatic heterocycles. The lowest BCUT2D eigenvalue weighted by atomic mass is 9.96. The number of nitrogens with one attached hydrogen (secondary N) is 1. The van der Waals surface area contributed by atoms with Gasteiger partial charge in [0, 0.05) is 19.9 Å². The van der Waals surface area contributed by atoms with Gasteiger partial charge in [0.15, 0.2) is 0 Å². The third-order valence-electron chi connectivity index (χ3n) is 5.45. The van der Waals surface area contributed by atoms with Crippen molar-refractivity contribution in [2.75, 3.05) is 0 Å². The molecule has 1 atom stereocenters. The first-order valence-electron chi connectivity index (χ1n) is 10.2. The molecule has 0 unspecified atom stereocenters. The van der Waals surface area contributed by atoms with Crippen LogP contribution in [0.2, 0.25) is 0 Å². The van der Waals surface area contributed by atoms with Gasteiger partial charge in [-0.2, -0.15) is 0 Å². The van der Waals surface area contributed by atoms with Gasteiger partial charge in [0.05, 0.1) is 22.8 Å². The number of fused-ring (bicyclic) bond motifs is 1. The molecular weight excluding hydrogens is 516 g/mol. The standard InChI is InChI=1S/C26H22Br2N2O/c1-3-22(17-7-5-4-6-8-17)30-26(31)24-16(2)25(18-9-11-19(27)12-10-18)29-23-14-13-20(28)15-21(23)24/h4-15,22H,3H2,1-2H3,(H,30,31)/t22-/m0/s1. The van der Waals surface area contributed by atoms with E-state index in [2.05, 4.69) is 56.2 Å². The van der Waals surface area contributed by atoms with Crippen molar-refractivity contribution >= 4 is 48.7 Å². The third-order valence-corrected chi connectivity index (χ3v) is 6.47.